The summed E-state index contributed by atoms with van der Waals surface area (Å²) < 4.78 is 0. The lowest BCUT2D eigenvalue weighted by Gasteiger charge is -2.08. The summed E-state index contributed by atoms with van der Waals surface area (Å²) in [4.78, 5) is 34.7. The van der Waals surface area contributed by atoms with Crippen LogP contribution in [0.2, 0.25) is 5.02 Å². The molecule has 1 aromatic heterocycles. The molecule has 3 N–H and O–H groups in total. The minimum atomic E-state index is -0.702. The Bertz CT molecular complexity index is 464. The number of nitrogens with zero attached hydrogens (tertiary/aromatic N) is 2. The molecule has 0 unspecified atom stereocenters. The molecule has 0 radical (unpaired) electrons. The molecular formula is C10H13ClN4O3. The van der Waals surface area contributed by atoms with Crippen LogP contribution in [-0.2, 0) is 9.63 Å². The van der Waals surface area contributed by atoms with Gasteiger partial charge in [-0.05, 0) is 0 Å². The van der Waals surface area contributed by atoms with Gasteiger partial charge in [-0.25, -0.2) is 15.4 Å². The van der Waals surface area contributed by atoms with Crippen molar-refractivity contribution in [3.05, 3.63) is 22.7 Å². The van der Waals surface area contributed by atoms with Crippen LogP contribution in [0.4, 0.5) is 0 Å². The summed E-state index contributed by atoms with van der Waals surface area (Å²) in [5, 5.41) is 0.0968. The third kappa shape index (κ3) is 3.94. The Hall–Kier alpha value is -1.73. The number of aromatic nitrogens is 2. The minimum absolute atomic E-state index is 0.0140. The van der Waals surface area contributed by atoms with Crippen LogP contribution in [-0.4, -0.2) is 28.4 Å². The molecule has 0 fully saturated rings. The van der Waals surface area contributed by atoms with Gasteiger partial charge in [0.25, 0.3) is 5.91 Å². The third-order valence-corrected chi connectivity index (χ3v) is 2.15. The van der Waals surface area contributed by atoms with Gasteiger partial charge >= 0.3 is 0 Å². The molecule has 1 aromatic rings. The van der Waals surface area contributed by atoms with E-state index >= 15 is 0 Å². The van der Waals surface area contributed by atoms with Crippen LogP contribution in [0.3, 0.4) is 0 Å². The predicted molar refractivity (Wildman–Crippen MR) is 63.7 cm³/mol. The van der Waals surface area contributed by atoms with Gasteiger partial charge in [0.05, 0.1) is 11.2 Å². The first kappa shape index (κ1) is 14.3. The average Bonchev–Trinajstić information content (AvgIpc) is 2.28. The van der Waals surface area contributed by atoms with Crippen molar-refractivity contribution < 1.29 is 14.4 Å². The normalized spacial score (nSPS) is 10.4. The van der Waals surface area contributed by atoms with Crippen LogP contribution in [0.1, 0.15) is 36.1 Å². The lowest BCUT2D eigenvalue weighted by Crippen LogP contribution is -2.30. The second-order valence-electron chi connectivity index (χ2n) is 3.77. The summed E-state index contributed by atoms with van der Waals surface area (Å²) in [7, 11) is 0. The van der Waals surface area contributed by atoms with E-state index in [0.29, 0.717) is 5.82 Å². The second kappa shape index (κ2) is 6.27. The fourth-order valence-electron chi connectivity index (χ4n) is 1.04. The number of nitrogens with two attached hydrogens (primary N) is 1. The molecule has 0 aromatic carbocycles. The van der Waals surface area contributed by atoms with Crippen LogP contribution in [0.5, 0.6) is 0 Å². The molecule has 0 aliphatic heterocycles. The van der Waals surface area contributed by atoms with E-state index in [4.69, 9.17) is 17.3 Å². The first-order valence-electron chi connectivity index (χ1n) is 5.14. The summed E-state index contributed by atoms with van der Waals surface area (Å²) >= 11 is 5.80. The topological polar surface area (TPSA) is 107 Å². The maximum atomic E-state index is 11.7. The monoisotopic (exact) mass is 272 g/mol. The second-order valence-corrected chi connectivity index (χ2v) is 4.17. The third-order valence-electron chi connectivity index (χ3n) is 1.87. The van der Waals surface area contributed by atoms with Gasteiger partial charge in [0.15, 0.2) is 12.3 Å². The Morgan fingerprint density at radius 3 is 2.78 bits per heavy atom. The molecule has 1 heterocycles. The van der Waals surface area contributed by atoms with Crippen LogP contribution < -0.4 is 11.2 Å². The average molecular weight is 273 g/mol. The number of carbonyl (C=O) groups excluding carboxylic acids is 2. The predicted octanol–water partition coefficient (Wildman–Crippen LogP) is 0.400. The molecule has 0 aliphatic carbocycles. The highest BCUT2D eigenvalue weighted by Gasteiger charge is 2.15. The summed E-state index contributed by atoms with van der Waals surface area (Å²) in [6.45, 7) is 3.34. The molecule has 0 saturated carbocycles. The van der Waals surface area contributed by atoms with Gasteiger partial charge in [0.1, 0.15) is 5.82 Å². The Morgan fingerprint density at radius 1 is 1.56 bits per heavy atom. The first-order valence-corrected chi connectivity index (χ1v) is 5.52. The summed E-state index contributed by atoms with van der Waals surface area (Å²) in [5.41, 5.74) is 6.85. The number of primary amides is 1. The van der Waals surface area contributed by atoms with Gasteiger partial charge in [0, 0.05) is 5.92 Å². The number of hydroxylamine groups is 1. The molecule has 0 bridgehead atoms. The van der Waals surface area contributed by atoms with E-state index in [1.54, 1.807) is 0 Å². The van der Waals surface area contributed by atoms with Crippen molar-refractivity contribution in [3.63, 3.8) is 0 Å². The van der Waals surface area contributed by atoms with E-state index in [-0.39, 0.29) is 16.6 Å². The Kier molecular flexibility index (Phi) is 4.99. The van der Waals surface area contributed by atoms with Crippen molar-refractivity contribution in [2.24, 2.45) is 5.73 Å². The summed E-state index contributed by atoms with van der Waals surface area (Å²) in [5.74, 6) is -0.822. The van der Waals surface area contributed by atoms with E-state index in [1.165, 1.54) is 6.20 Å². The fourth-order valence-corrected chi connectivity index (χ4v) is 1.22. The SMILES string of the molecule is CC(C)c1ncc(Cl)c(C(=O)NOCC(N)=O)n1. The number of hydrogen-bond acceptors (Lipinski definition) is 5. The lowest BCUT2D eigenvalue weighted by atomic mass is 10.2. The van der Waals surface area contributed by atoms with Crippen molar-refractivity contribution in [1.82, 2.24) is 15.4 Å². The van der Waals surface area contributed by atoms with Crippen molar-refractivity contribution >= 4 is 23.4 Å². The summed E-state index contributed by atoms with van der Waals surface area (Å²) in [6.07, 6.45) is 1.34. The maximum absolute atomic E-state index is 11.7. The molecular weight excluding hydrogens is 260 g/mol. The first-order chi connectivity index (χ1) is 8.41. The van der Waals surface area contributed by atoms with Crippen molar-refractivity contribution in [2.75, 3.05) is 6.61 Å². The number of hydrogen-bond donors (Lipinski definition) is 2. The van der Waals surface area contributed by atoms with Crippen LogP contribution >= 0.6 is 11.6 Å². The van der Waals surface area contributed by atoms with Gasteiger partial charge < -0.3 is 5.73 Å². The maximum Gasteiger partial charge on any atom is 0.295 e. The largest absolute Gasteiger partial charge is 0.368 e. The van der Waals surface area contributed by atoms with Crippen molar-refractivity contribution in [2.45, 2.75) is 19.8 Å². The number of carbonyl (C=O) groups is 2. The molecule has 0 saturated heterocycles. The van der Waals surface area contributed by atoms with Gasteiger partial charge in [-0.3, -0.25) is 14.4 Å². The number of rotatable bonds is 5. The van der Waals surface area contributed by atoms with Gasteiger partial charge in [-0.1, -0.05) is 25.4 Å². The van der Waals surface area contributed by atoms with Crippen molar-refractivity contribution in [3.8, 4) is 0 Å². The highest BCUT2D eigenvalue weighted by Crippen LogP contribution is 2.16. The van der Waals surface area contributed by atoms with E-state index in [1.807, 2.05) is 19.3 Å². The van der Waals surface area contributed by atoms with Crippen LogP contribution in [0.25, 0.3) is 0 Å². The molecule has 8 heteroatoms. The Labute approximate surface area is 109 Å². The minimum Gasteiger partial charge on any atom is -0.368 e. The fraction of sp³-hybridized carbons (Fsp3) is 0.400. The van der Waals surface area contributed by atoms with E-state index in [0.717, 1.165) is 0 Å². The molecule has 2 amide bonds. The highest BCUT2D eigenvalue weighted by molar-refractivity contribution is 6.33. The Balaban J connectivity index is 2.78. The zero-order chi connectivity index (χ0) is 13.7. The zero-order valence-corrected chi connectivity index (χ0v) is 10.7. The molecule has 0 aliphatic rings. The van der Waals surface area contributed by atoms with Gasteiger partial charge in [0.2, 0.25) is 5.91 Å². The van der Waals surface area contributed by atoms with E-state index < -0.39 is 18.4 Å². The van der Waals surface area contributed by atoms with Crippen molar-refractivity contribution in [1.29, 1.82) is 0 Å². The van der Waals surface area contributed by atoms with E-state index in [9.17, 15) is 9.59 Å². The molecule has 98 valence electrons. The standard InChI is InChI=1S/C10H13ClN4O3/c1-5(2)9-13-3-6(11)8(14-9)10(17)15-18-4-7(12)16/h3,5H,4H2,1-2H3,(H2,12,16)(H,15,17). The summed E-state index contributed by atoms with van der Waals surface area (Å²) in [6, 6.07) is 0. The molecule has 1 rings (SSSR count). The quantitative estimate of drug-likeness (QED) is 0.755. The van der Waals surface area contributed by atoms with E-state index in [2.05, 4.69) is 14.8 Å². The lowest BCUT2D eigenvalue weighted by molar-refractivity contribution is -0.124. The number of halogens is 1. The highest BCUT2D eigenvalue weighted by atomic mass is 35.5. The number of nitrogens with one attached hydrogen (secondary N) is 1. The van der Waals surface area contributed by atoms with Crippen LogP contribution in [0.15, 0.2) is 6.20 Å². The molecule has 0 spiro atoms. The smallest absolute Gasteiger partial charge is 0.295 e. The van der Waals surface area contributed by atoms with Crippen LogP contribution in [0, 0.1) is 0 Å². The molecule has 7 nitrogen and oxygen atoms in total. The molecule has 0 atom stereocenters. The zero-order valence-electron chi connectivity index (χ0n) is 9.94. The van der Waals surface area contributed by atoms with Gasteiger partial charge in [-0.15, -0.1) is 0 Å². The van der Waals surface area contributed by atoms with Gasteiger partial charge in [-0.2, -0.15) is 0 Å². The Morgan fingerprint density at radius 2 is 2.22 bits per heavy atom. The number of amides is 2. The molecule has 18 heavy (non-hydrogen) atoms.